The summed E-state index contributed by atoms with van der Waals surface area (Å²) in [5.41, 5.74) is 5.41. The lowest BCUT2D eigenvalue weighted by atomic mass is 10.1. The number of rotatable bonds is 4. The summed E-state index contributed by atoms with van der Waals surface area (Å²) in [6, 6.07) is 8.61. The Morgan fingerprint density at radius 2 is 2.04 bits per heavy atom. The molecule has 0 aliphatic carbocycles. The molecule has 5 rings (SSSR count). The van der Waals surface area contributed by atoms with Crippen molar-refractivity contribution in [2.24, 2.45) is 0 Å². The van der Waals surface area contributed by atoms with Gasteiger partial charge in [0.2, 0.25) is 0 Å². The van der Waals surface area contributed by atoms with E-state index >= 15 is 0 Å². The average Bonchev–Trinajstić information content (AvgIpc) is 3.41. The number of fused-ring (bicyclic) bond motifs is 1. The number of aromatic nitrogens is 4. The highest BCUT2D eigenvalue weighted by atomic mass is 32.1. The highest BCUT2D eigenvalue weighted by Gasteiger charge is 2.14. The van der Waals surface area contributed by atoms with Crippen LogP contribution in [0.3, 0.4) is 0 Å². The predicted molar refractivity (Wildman–Crippen MR) is 107 cm³/mol. The van der Waals surface area contributed by atoms with Crippen LogP contribution in [0, 0.1) is 6.92 Å². The molecule has 4 aromatic heterocycles. The minimum absolute atomic E-state index is 0.835. The Morgan fingerprint density at radius 1 is 1.15 bits per heavy atom. The number of hydrogen-bond acceptors (Lipinski definition) is 5. The minimum Gasteiger partial charge on any atom is -0.379 e. The van der Waals surface area contributed by atoms with Crippen LogP contribution in [0.2, 0.25) is 0 Å². The van der Waals surface area contributed by atoms with Crippen LogP contribution in [0.25, 0.3) is 27.3 Å². The van der Waals surface area contributed by atoms with Gasteiger partial charge in [-0.1, -0.05) is 0 Å². The van der Waals surface area contributed by atoms with Gasteiger partial charge >= 0.3 is 0 Å². The van der Waals surface area contributed by atoms with Crippen LogP contribution < -0.4 is 0 Å². The summed E-state index contributed by atoms with van der Waals surface area (Å²) >= 11 is 1.84. The molecule has 138 valence electrons. The summed E-state index contributed by atoms with van der Waals surface area (Å²) in [6.07, 6.45) is 5.99. The fourth-order valence-electron chi connectivity index (χ4n) is 3.54. The number of imidazole rings is 1. The van der Waals surface area contributed by atoms with E-state index in [1.807, 2.05) is 30.7 Å². The summed E-state index contributed by atoms with van der Waals surface area (Å²) < 4.78 is 7.62. The number of H-pyrrole nitrogens is 1. The first-order chi connectivity index (χ1) is 13.3. The molecule has 1 aliphatic rings. The van der Waals surface area contributed by atoms with Crippen molar-refractivity contribution in [3.8, 4) is 21.7 Å². The first kappa shape index (κ1) is 16.7. The van der Waals surface area contributed by atoms with E-state index in [0.717, 1.165) is 61.0 Å². The molecule has 1 aliphatic heterocycles. The average molecular weight is 379 g/mol. The van der Waals surface area contributed by atoms with E-state index in [1.54, 1.807) is 0 Å². The van der Waals surface area contributed by atoms with Crippen LogP contribution in [0.5, 0.6) is 0 Å². The molecule has 0 amide bonds. The molecule has 6 nitrogen and oxygen atoms in total. The van der Waals surface area contributed by atoms with Gasteiger partial charge in [0, 0.05) is 47.5 Å². The standard InChI is InChI=1S/C20H21N5OS/c1-14-17(10-22-23-14)15-2-5-20-21-11-18(25(20)12-15)19-4-3-16(27-19)13-24-6-8-26-9-7-24/h2-5,10-12H,6-9,13H2,1H3,(H,22,23). The third kappa shape index (κ3) is 3.18. The van der Waals surface area contributed by atoms with Crippen molar-refractivity contribution in [2.75, 3.05) is 26.3 Å². The van der Waals surface area contributed by atoms with Gasteiger partial charge in [0.1, 0.15) is 5.65 Å². The molecular weight excluding hydrogens is 358 g/mol. The Balaban J connectivity index is 1.47. The van der Waals surface area contributed by atoms with Crippen LogP contribution in [-0.2, 0) is 11.3 Å². The van der Waals surface area contributed by atoms with Gasteiger partial charge in [-0.25, -0.2) is 4.98 Å². The van der Waals surface area contributed by atoms with Crippen LogP contribution in [0.1, 0.15) is 10.6 Å². The Morgan fingerprint density at radius 3 is 2.85 bits per heavy atom. The second-order valence-electron chi connectivity index (χ2n) is 6.85. The zero-order chi connectivity index (χ0) is 18.2. The van der Waals surface area contributed by atoms with E-state index in [1.165, 1.54) is 9.75 Å². The molecule has 7 heteroatoms. The smallest absolute Gasteiger partial charge is 0.137 e. The summed E-state index contributed by atoms with van der Waals surface area (Å²) in [7, 11) is 0. The lowest BCUT2D eigenvalue weighted by Gasteiger charge is -2.25. The zero-order valence-corrected chi connectivity index (χ0v) is 16.0. The van der Waals surface area contributed by atoms with Crippen molar-refractivity contribution >= 4 is 17.0 Å². The molecule has 0 bridgehead atoms. The Bertz CT molecular complexity index is 1070. The van der Waals surface area contributed by atoms with Crippen molar-refractivity contribution in [3.05, 3.63) is 53.4 Å². The molecule has 1 saturated heterocycles. The molecule has 0 unspecified atom stereocenters. The molecule has 4 aromatic rings. The highest BCUT2D eigenvalue weighted by molar-refractivity contribution is 7.15. The molecule has 0 spiro atoms. The molecule has 1 fully saturated rings. The number of aryl methyl sites for hydroxylation is 1. The second kappa shape index (κ2) is 6.92. The molecule has 1 N–H and O–H groups in total. The van der Waals surface area contributed by atoms with E-state index < -0.39 is 0 Å². The Kier molecular flexibility index (Phi) is 4.27. The number of aromatic amines is 1. The number of morpholine rings is 1. The largest absolute Gasteiger partial charge is 0.379 e. The van der Waals surface area contributed by atoms with Crippen molar-refractivity contribution < 1.29 is 4.74 Å². The first-order valence-electron chi connectivity index (χ1n) is 9.14. The molecule has 0 aromatic carbocycles. The van der Waals surface area contributed by atoms with Crippen LogP contribution in [0.15, 0.2) is 42.9 Å². The predicted octanol–water partition coefficient (Wildman–Crippen LogP) is 3.59. The fourth-order valence-corrected chi connectivity index (χ4v) is 4.60. The SMILES string of the molecule is Cc1[nH]ncc1-c1ccc2ncc(-c3ccc(CN4CCOCC4)s3)n2c1. The molecule has 0 atom stereocenters. The zero-order valence-electron chi connectivity index (χ0n) is 15.2. The van der Waals surface area contributed by atoms with Crippen LogP contribution >= 0.6 is 11.3 Å². The topological polar surface area (TPSA) is 58.5 Å². The van der Waals surface area contributed by atoms with E-state index in [-0.39, 0.29) is 0 Å². The maximum absolute atomic E-state index is 5.44. The van der Waals surface area contributed by atoms with Gasteiger partial charge in [-0.05, 0) is 31.2 Å². The fraction of sp³-hybridized carbons (Fsp3) is 0.300. The van der Waals surface area contributed by atoms with Gasteiger partial charge in [-0.3, -0.25) is 14.4 Å². The van der Waals surface area contributed by atoms with Gasteiger partial charge in [-0.15, -0.1) is 11.3 Å². The Labute approximate surface area is 161 Å². The lowest BCUT2D eigenvalue weighted by molar-refractivity contribution is 0.0346. The number of pyridine rings is 1. The Hall–Kier alpha value is -2.48. The minimum atomic E-state index is 0.835. The van der Waals surface area contributed by atoms with Gasteiger partial charge in [0.05, 0.1) is 36.2 Å². The van der Waals surface area contributed by atoms with Gasteiger partial charge < -0.3 is 4.74 Å². The van der Waals surface area contributed by atoms with E-state index in [4.69, 9.17) is 4.74 Å². The summed E-state index contributed by atoms with van der Waals surface area (Å²) in [4.78, 5) is 9.66. The van der Waals surface area contributed by atoms with Gasteiger partial charge in [0.15, 0.2) is 0 Å². The molecule has 0 radical (unpaired) electrons. The third-order valence-corrected chi connectivity index (χ3v) is 6.14. The molecule has 0 saturated carbocycles. The van der Waals surface area contributed by atoms with Crippen LogP contribution in [0.4, 0.5) is 0 Å². The van der Waals surface area contributed by atoms with E-state index in [9.17, 15) is 0 Å². The number of hydrogen-bond donors (Lipinski definition) is 1. The van der Waals surface area contributed by atoms with E-state index in [0.29, 0.717) is 0 Å². The quantitative estimate of drug-likeness (QED) is 0.589. The van der Waals surface area contributed by atoms with Crippen molar-refractivity contribution in [3.63, 3.8) is 0 Å². The summed E-state index contributed by atoms with van der Waals surface area (Å²) in [5.74, 6) is 0. The normalized spacial score (nSPS) is 15.6. The van der Waals surface area contributed by atoms with Crippen molar-refractivity contribution in [1.29, 1.82) is 0 Å². The van der Waals surface area contributed by atoms with Crippen LogP contribution in [-0.4, -0.2) is 50.8 Å². The van der Waals surface area contributed by atoms with Crippen molar-refractivity contribution in [1.82, 2.24) is 24.5 Å². The maximum atomic E-state index is 5.44. The monoisotopic (exact) mass is 379 g/mol. The van der Waals surface area contributed by atoms with Crippen molar-refractivity contribution in [2.45, 2.75) is 13.5 Å². The third-order valence-electron chi connectivity index (χ3n) is 5.04. The highest BCUT2D eigenvalue weighted by Crippen LogP contribution is 2.31. The number of nitrogens with zero attached hydrogens (tertiary/aromatic N) is 4. The number of nitrogens with one attached hydrogen (secondary N) is 1. The summed E-state index contributed by atoms with van der Waals surface area (Å²) in [6.45, 7) is 6.72. The number of thiophene rings is 1. The molecule has 5 heterocycles. The summed E-state index contributed by atoms with van der Waals surface area (Å²) in [5, 5.41) is 7.15. The number of ether oxygens (including phenoxy) is 1. The molecular formula is C20H21N5OS. The van der Waals surface area contributed by atoms with Gasteiger partial charge in [0.25, 0.3) is 0 Å². The molecule has 27 heavy (non-hydrogen) atoms. The lowest BCUT2D eigenvalue weighted by Crippen LogP contribution is -2.35. The van der Waals surface area contributed by atoms with E-state index in [2.05, 4.69) is 54.9 Å². The van der Waals surface area contributed by atoms with Gasteiger partial charge in [-0.2, -0.15) is 5.10 Å². The maximum Gasteiger partial charge on any atom is 0.137 e. The first-order valence-corrected chi connectivity index (χ1v) is 9.96. The second-order valence-corrected chi connectivity index (χ2v) is 8.02.